The third-order valence-corrected chi connectivity index (χ3v) is 6.15. The van der Waals surface area contributed by atoms with Gasteiger partial charge in [-0.1, -0.05) is 25.1 Å². The van der Waals surface area contributed by atoms with E-state index in [0.717, 1.165) is 17.0 Å². The summed E-state index contributed by atoms with van der Waals surface area (Å²) in [5.41, 5.74) is 0.846. The van der Waals surface area contributed by atoms with Gasteiger partial charge in [0.25, 0.3) is 11.8 Å². The van der Waals surface area contributed by atoms with Gasteiger partial charge in [0.15, 0.2) is 6.61 Å². The van der Waals surface area contributed by atoms with Gasteiger partial charge in [0.1, 0.15) is 6.54 Å². The second-order valence-electron chi connectivity index (χ2n) is 6.05. The molecule has 2 aromatic rings. The highest BCUT2D eigenvalue weighted by molar-refractivity contribution is 8.00. The molecule has 1 aromatic heterocycles. The molecule has 0 spiro atoms. The van der Waals surface area contributed by atoms with Crippen LogP contribution in [0.5, 0.6) is 0 Å². The van der Waals surface area contributed by atoms with E-state index in [1.54, 1.807) is 34.2 Å². The largest absolute Gasteiger partial charge is 0.454 e. The van der Waals surface area contributed by atoms with Gasteiger partial charge in [0, 0.05) is 16.7 Å². The minimum absolute atomic E-state index is 0.268. The van der Waals surface area contributed by atoms with Crippen molar-refractivity contribution in [1.29, 1.82) is 0 Å². The van der Waals surface area contributed by atoms with Gasteiger partial charge in [-0.3, -0.25) is 14.4 Å². The van der Waals surface area contributed by atoms with Gasteiger partial charge in [-0.25, -0.2) is 0 Å². The summed E-state index contributed by atoms with van der Waals surface area (Å²) in [5, 5.41) is 4.67. The van der Waals surface area contributed by atoms with Crippen molar-refractivity contribution in [1.82, 2.24) is 5.32 Å². The lowest BCUT2D eigenvalue weighted by Crippen LogP contribution is -2.37. The first-order valence-corrected chi connectivity index (χ1v) is 10.3. The lowest BCUT2D eigenvalue weighted by atomic mass is 10.2. The molecule has 0 saturated carbocycles. The summed E-state index contributed by atoms with van der Waals surface area (Å²) in [7, 11) is 0. The number of thiophene rings is 1. The predicted molar refractivity (Wildman–Crippen MR) is 106 cm³/mol. The number of ether oxygens (including phenoxy) is 1. The van der Waals surface area contributed by atoms with Crippen LogP contribution in [-0.2, 0) is 14.3 Å². The number of thioether (sulfide) groups is 1. The van der Waals surface area contributed by atoms with Gasteiger partial charge >= 0.3 is 5.97 Å². The van der Waals surface area contributed by atoms with Crippen LogP contribution in [0.3, 0.4) is 0 Å². The average molecular weight is 405 g/mol. The number of esters is 1. The molecule has 1 N–H and O–H groups in total. The van der Waals surface area contributed by atoms with Gasteiger partial charge < -0.3 is 15.0 Å². The molecule has 27 heavy (non-hydrogen) atoms. The molecule has 2 amide bonds. The van der Waals surface area contributed by atoms with Crippen molar-refractivity contribution in [2.75, 3.05) is 24.6 Å². The van der Waals surface area contributed by atoms with E-state index in [2.05, 4.69) is 12.2 Å². The van der Waals surface area contributed by atoms with E-state index >= 15 is 0 Å². The number of para-hydroxylation sites is 1. The fourth-order valence-corrected chi connectivity index (χ4v) is 4.42. The van der Waals surface area contributed by atoms with Crippen LogP contribution in [-0.4, -0.2) is 42.7 Å². The zero-order chi connectivity index (χ0) is 19.2. The molecule has 2 heterocycles. The Kier molecular flexibility index (Phi) is 6.52. The van der Waals surface area contributed by atoms with Crippen LogP contribution in [0.25, 0.3) is 0 Å². The Morgan fingerprint density at radius 3 is 2.81 bits per heavy atom. The normalized spacial score (nSPS) is 16.2. The second kappa shape index (κ2) is 9.05. The number of anilines is 1. The van der Waals surface area contributed by atoms with Crippen molar-refractivity contribution in [3.05, 3.63) is 46.7 Å². The maximum absolute atomic E-state index is 12.6. The van der Waals surface area contributed by atoms with Crippen molar-refractivity contribution >= 4 is 46.6 Å². The van der Waals surface area contributed by atoms with Crippen molar-refractivity contribution < 1.29 is 19.1 Å². The number of carbonyl (C=O) groups is 3. The van der Waals surface area contributed by atoms with Crippen LogP contribution in [0.1, 0.15) is 23.0 Å². The Morgan fingerprint density at radius 1 is 1.22 bits per heavy atom. The topological polar surface area (TPSA) is 75.7 Å². The van der Waals surface area contributed by atoms with Gasteiger partial charge in [0.2, 0.25) is 0 Å². The number of nitrogens with zero attached hydrogens (tertiary/aromatic N) is 1. The Balaban J connectivity index is 1.53. The monoisotopic (exact) mass is 404 g/mol. The lowest BCUT2D eigenvalue weighted by molar-refractivity contribution is -0.146. The summed E-state index contributed by atoms with van der Waals surface area (Å²) in [6.07, 6.45) is 0.857. The van der Waals surface area contributed by atoms with E-state index in [1.165, 1.54) is 11.3 Å². The molecule has 1 aliphatic rings. The average Bonchev–Trinajstić information content (AvgIpc) is 3.14. The molecule has 0 aliphatic carbocycles. The Morgan fingerprint density at radius 2 is 2.04 bits per heavy atom. The Bertz CT molecular complexity index is 823. The third kappa shape index (κ3) is 5.11. The highest BCUT2D eigenvalue weighted by atomic mass is 32.2. The summed E-state index contributed by atoms with van der Waals surface area (Å²) in [5.74, 6) is -1.24. The second-order valence-corrected chi connectivity index (χ2v) is 8.48. The van der Waals surface area contributed by atoms with Crippen LogP contribution in [0, 0.1) is 0 Å². The van der Waals surface area contributed by atoms with Crippen LogP contribution in [0.15, 0.2) is 46.7 Å². The van der Waals surface area contributed by atoms with Crippen molar-refractivity contribution in [3.8, 4) is 0 Å². The minimum atomic E-state index is -0.640. The van der Waals surface area contributed by atoms with E-state index in [-0.39, 0.29) is 25.0 Å². The van der Waals surface area contributed by atoms with Crippen LogP contribution < -0.4 is 10.2 Å². The van der Waals surface area contributed by atoms with Crippen LogP contribution >= 0.6 is 23.1 Å². The first kappa shape index (κ1) is 19.4. The van der Waals surface area contributed by atoms with Crippen molar-refractivity contribution in [3.63, 3.8) is 0 Å². The molecule has 6 nitrogen and oxygen atoms in total. The van der Waals surface area contributed by atoms with E-state index in [1.807, 2.05) is 24.3 Å². The lowest BCUT2D eigenvalue weighted by Gasteiger charge is -2.22. The number of fused-ring (bicyclic) bond motifs is 1. The molecule has 1 aromatic carbocycles. The summed E-state index contributed by atoms with van der Waals surface area (Å²) < 4.78 is 5.06. The summed E-state index contributed by atoms with van der Waals surface area (Å²) >= 11 is 3.03. The van der Waals surface area contributed by atoms with Crippen LogP contribution in [0.4, 0.5) is 5.69 Å². The molecule has 0 bridgehead atoms. The summed E-state index contributed by atoms with van der Waals surface area (Å²) in [6.45, 7) is 2.09. The number of carbonyl (C=O) groups excluding carboxylic acids is 3. The molecule has 1 aliphatic heterocycles. The molecule has 0 unspecified atom stereocenters. The highest BCUT2D eigenvalue weighted by Gasteiger charge is 2.24. The Labute approximate surface area is 165 Å². The van der Waals surface area contributed by atoms with Gasteiger partial charge in [-0.15, -0.1) is 23.1 Å². The maximum Gasteiger partial charge on any atom is 0.325 e. The first-order valence-electron chi connectivity index (χ1n) is 8.58. The summed E-state index contributed by atoms with van der Waals surface area (Å²) in [4.78, 5) is 39.5. The van der Waals surface area contributed by atoms with E-state index in [4.69, 9.17) is 4.74 Å². The Hall–Kier alpha value is -2.32. The number of amides is 2. The van der Waals surface area contributed by atoms with E-state index < -0.39 is 5.97 Å². The molecule has 3 rings (SSSR count). The van der Waals surface area contributed by atoms with Crippen LogP contribution in [0.2, 0.25) is 0 Å². The quantitative estimate of drug-likeness (QED) is 0.776. The number of benzene rings is 1. The zero-order valence-corrected chi connectivity index (χ0v) is 16.5. The molecule has 8 heteroatoms. The maximum atomic E-state index is 12.6. The molecule has 0 saturated heterocycles. The molecular weight excluding hydrogens is 384 g/mol. The van der Waals surface area contributed by atoms with Gasteiger partial charge in [0.05, 0.1) is 10.6 Å². The zero-order valence-electron chi connectivity index (χ0n) is 14.8. The number of hydrogen-bond donors (Lipinski definition) is 1. The van der Waals surface area contributed by atoms with Crippen molar-refractivity contribution in [2.45, 2.75) is 23.5 Å². The standard InChI is InChI=1S/C19H20N2O4S2/c1-13-8-9-21(14-5-2-3-6-15(14)27-13)17(22)12-25-18(23)11-20-19(24)16-7-4-10-26-16/h2-7,10,13H,8-9,11-12H2,1H3,(H,20,24)/t13-/m0/s1. The molecule has 1 atom stereocenters. The van der Waals surface area contributed by atoms with E-state index in [0.29, 0.717) is 16.7 Å². The number of hydrogen-bond acceptors (Lipinski definition) is 6. The highest BCUT2D eigenvalue weighted by Crippen LogP contribution is 2.37. The fourth-order valence-electron chi connectivity index (χ4n) is 2.66. The SMILES string of the molecule is C[C@H]1CCN(C(=O)COC(=O)CNC(=O)c2cccs2)c2ccccc2S1. The summed E-state index contributed by atoms with van der Waals surface area (Å²) in [6, 6.07) is 11.2. The first-order chi connectivity index (χ1) is 13.0. The fraction of sp³-hybridized carbons (Fsp3) is 0.316. The number of nitrogens with one attached hydrogen (secondary N) is 1. The predicted octanol–water partition coefficient (Wildman–Crippen LogP) is 2.94. The smallest absolute Gasteiger partial charge is 0.325 e. The van der Waals surface area contributed by atoms with Crippen molar-refractivity contribution in [2.24, 2.45) is 0 Å². The minimum Gasteiger partial charge on any atom is -0.454 e. The number of rotatable bonds is 5. The molecular formula is C19H20N2O4S2. The van der Waals surface area contributed by atoms with E-state index in [9.17, 15) is 14.4 Å². The molecule has 0 radical (unpaired) electrons. The molecule has 142 valence electrons. The third-order valence-electron chi connectivity index (χ3n) is 4.04. The van der Waals surface area contributed by atoms with Gasteiger partial charge in [-0.2, -0.15) is 0 Å². The van der Waals surface area contributed by atoms with Gasteiger partial charge in [-0.05, 0) is 30.0 Å². The molecule has 0 fully saturated rings.